The fraction of sp³-hybridized carbons (Fsp3) is 0.0476. The number of H-pyrrole nitrogens is 2. The molecule has 26 heavy (non-hydrogen) atoms. The summed E-state index contributed by atoms with van der Waals surface area (Å²) in [6.07, 6.45) is 0. The summed E-state index contributed by atoms with van der Waals surface area (Å²) in [5, 5.41) is 6.27. The lowest BCUT2D eigenvalue weighted by atomic mass is 10.1. The van der Waals surface area contributed by atoms with Gasteiger partial charge in [-0.2, -0.15) is 0 Å². The molecule has 0 radical (unpaired) electrons. The van der Waals surface area contributed by atoms with E-state index in [0.717, 1.165) is 38.5 Å². The third-order valence-corrected chi connectivity index (χ3v) is 4.63. The van der Waals surface area contributed by atoms with Crippen molar-refractivity contribution in [2.45, 2.75) is 6.54 Å². The van der Waals surface area contributed by atoms with E-state index in [-0.39, 0.29) is 5.91 Å². The fourth-order valence-corrected chi connectivity index (χ4v) is 3.36. The summed E-state index contributed by atoms with van der Waals surface area (Å²) >= 11 is 0. The summed E-state index contributed by atoms with van der Waals surface area (Å²) in [6, 6.07) is 22.0. The summed E-state index contributed by atoms with van der Waals surface area (Å²) in [5.41, 5.74) is 3.37. The number of imidazole rings is 1. The van der Waals surface area contributed by atoms with Crippen molar-refractivity contribution in [2.75, 3.05) is 0 Å². The molecule has 5 rings (SSSR count). The van der Waals surface area contributed by atoms with Gasteiger partial charge in [0, 0.05) is 10.9 Å². The number of nitrogens with one attached hydrogen (secondary N) is 3. The highest BCUT2D eigenvalue weighted by atomic mass is 16.1. The van der Waals surface area contributed by atoms with Gasteiger partial charge in [0.2, 0.25) is 0 Å². The van der Waals surface area contributed by atoms with E-state index in [1.54, 1.807) is 0 Å². The van der Waals surface area contributed by atoms with Crippen LogP contribution in [0.25, 0.3) is 32.7 Å². The van der Waals surface area contributed by atoms with Crippen LogP contribution in [-0.2, 0) is 6.54 Å². The van der Waals surface area contributed by atoms with Crippen LogP contribution in [0.15, 0.2) is 66.7 Å². The molecule has 1 amide bonds. The summed E-state index contributed by atoms with van der Waals surface area (Å²) < 4.78 is 0. The van der Waals surface area contributed by atoms with Gasteiger partial charge in [-0.1, -0.05) is 42.5 Å². The van der Waals surface area contributed by atoms with Gasteiger partial charge in [0.1, 0.15) is 11.5 Å². The summed E-state index contributed by atoms with van der Waals surface area (Å²) in [5.74, 6) is 0.590. The molecule has 2 aromatic heterocycles. The quantitative estimate of drug-likeness (QED) is 0.462. The Kier molecular flexibility index (Phi) is 3.25. The smallest absolute Gasteiger partial charge is 0.268 e. The minimum atomic E-state index is -0.147. The molecule has 0 saturated carbocycles. The Morgan fingerprint density at radius 1 is 0.885 bits per heavy atom. The first-order chi connectivity index (χ1) is 12.8. The molecule has 0 aliphatic carbocycles. The van der Waals surface area contributed by atoms with Gasteiger partial charge < -0.3 is 15.3 Å². The highest BCUT2D eigenvalue weighted by Crippen LogP contribution is 2.25. The normalized spacial score (nSPS) is 11.4. The standard InChI is InChI=1S/C21H16N4O/c26-21(22-12-20-24-17-7-3-4-8-18(17)25-20)19-11-15-14-6-2-1-5-13(14)9-10-16(15)23-19/h1-11,23H,12H2,(H,22,26)(H,24,25). The lowest BCUT2D eigenvalue weighted by Crippen LogP contribution is -2.23. The molecule has 0 bridgehead atoms. The zero-order chi connectivity index (χ0) is 17.5. The molecule has 0 unspecified atom stereocenters. The predicted molar refractivity (Wildman–Crippen MR) is 103 cm³/mol. The molecule has 3 aromatic carbocycles. The number of amides is 1. The van der Waals surface area contributed by atoms with Crippen LogP contribution in [-0.4, -0.2) is 20.9 Å². The minimum Gasteiger partial charge on any atom is -0.351 e. The van der Waals surface area contributed by atoms with Gasteiger partial charge in [0.15, 0.2) is 0 Å². The molecule has 126 valence electrons. The van der Waals surface area contributed by atoms with Crippen molar-refractivity contribution in [1.29, 1.82) is 0 Å². The number of rotatable bonds is 3. The Labute approximate surface area is 149 Å². The first-order valence-electron chi connectivity index (χ1n) is 8.50. The molecule has 5 aromatic rings. The molecule has 5 nitrogen and oxygen atoms in total. The van der Waals surface area contributed by atoms with Crippen LogP contribution in [0.5, 0.6) is 0 Å². The third kappa shape index (κ3) is 2.41. The monoisotopic (exact) mass is 340 g/mol. The third-order valence-electron chi connectivity index (χ3n) is 4.63. The topological polar surface area (TPSA) is 73.6 Å². The van der Waals surface area contributed by atoms with Crippen molar-refractivity contribution in [2.24, 2.45) is 0 Å². The van der Waals surface area contributed by atoms with Crippen molar-refractivity contribution in [3.8, 4) is 0 Å². The van der Waals surface area contributed by atoms with E-state index >= 15 is 0 Å². The molecule has 0 saturated heterocycles. The average molecular weight is 340 g/mol. The Balaban J connectivity index is 1.42. The van der Waals surface area contributed by atoms with E-state index in [1.165, 1.54) is 0 Å². The van der Waals surface area contributed by atoms with Crippen LogP contribution in [0, 0.1) is 0 Å². The number of hydrogen-bond donors (Lipinski definition) is 3. The summed E-state index contributed by atoms with van der Waals surface area (Å²) in [7, 11) is 0. The van der Waals surface area contributed by atoms with Crippen LogP contribution in [0.1, 0.15) is 16.3 Å². The maximum absolute atomic E-state index is 12.6. The molecule has 0 atom stereocenters. The van der Waals surface area contributed by atoms with Gasteiger partial charge in [-0.3, -0.25) is 4.79 Å². The lowest BCUT2D eigenvalue weighted by Gasteiger charge is -2.00. The zero-order valence-corrected chi connectivity index (χ0v) is 13.9. The Hall–Kier alpha value is -3.60. The van der Waals surface area contributed by atoms with Crippen molar-refractivity contribution >= 4 is 38.6 Å². The van der Waals surface area contributed by atoms with Gasteiger partial charge in [-0.05, 0) is 35.0 Å². The maximum atomic E-state index is 12.6. The second kappa shape index (κ2) is 5.74. The highest BCUT2D eigenvalue weighted by Gasteiger charge is 2.12. The van der Waals surface area contributed by atoms with Crippen LogP contribution in [0.3, 0.4) is 0 Å². The predicted octanol–water partition coefficient (Wildman–Crippen LogP) is 4.13. The number of benzene rings is 3. The first kappa shape index (κ1) is 14.7. The average Bonchev–Trinajstić information content (AvgIpc) is 3.30. The molecule has 2 heterocycles. The second-order valence-corrected chi connectivity index (χ2v) is 6.31. The molecular formula is C21H16N4O. The Morgan fingerprint density at radius 2 is 1.73 bits per heavy atom. The van der Waals surface area contributed by atoms with E-state index in [2.05, 4.69) is 38.5 Å². The van der Waals surface area contributed by atoms with E-state index < -0.39 is 0 Å². The first-order valence-corrected chi connectivity index (χ1v) is 8.50. The zero-order valence-electron chi connectivity index (χ0n) is 13.9. The van der Waals surface area contributed by atoms with Gasteiger partial charge in [-0.25, -0.2) is 4.98 Å². The SMILES string of the molecule is O=C(NCc1nc2ccccc2[nH]1)c1cc2c(ccc3ccccc32)[nH]1. The van der Waals surface area contributed by atoms with Crippen LogP contribution in [0.2, 0.25) is 0 Å². The molecular weight excluding hydrogens is 324 g/mol. The Morgan fingerprint density at radius 3 is 2.65 bits per heavy atom. The molecule has 3 N–H and O–H groups in total. The van der Waals surface area contributed by atoms with Crippen molar-refractivity contribution < 1.29 is 4.79 Å². The van der Waals surface area contributed by atoms with E-state index in [9.17, 15) is 4.79 Å². The second-order valence-electron chi connectivity index (χ2n) is 6.31. The van der Waals surface area contributed by atoms with Crippen molar-refractivity contribution in [1.82, 2.24) is 20.3 Å². The molecule has 0 aliphatic heterocycles. The van der Waals surface area contributed by atoms with Gasteiger partial charge >= 0.3 is 0 Å². The maximum Gasteiger partial charge on any atom is 0.268 e. The van der Waals surface area contributed by atoms with Crippen LogP contribution in [0.4, 0.5) is 0 Å². The number of aromatic nitrogens is 3. The molecule has 5 heteroatoms. The van der Waals surface area contributed by atoms with Crippen LogP contribution < -0.4 is 5.32 Å². The number of carbonyl (C=O) groups excluding carboxylic acids is 1. The van der Waals surface area contributed by atoms with Gasteiger partial charge in [0.25, 0.3) is 5.91 Å². The number of nitrogens with zero attached hydrogens (tertiary/aromatic N) is 1. The van der Waals surface area contributed by atoms with Gasteiger partial charge in [-0.15, -0.1) is 0 Å². The molecule has 0 spiro atoms. The molecule has 0 fully saturated rings. The highest BCUT2D eigenvalue weighted by molar-refractivity contribution is 6.09. The summed E-state index contributed by atoms with van der Waals surface area (Å²) in [6.45, 7) is 0.351. The Bertz CT molecular complexity index is 1230. The number of aromatic amines is 2. The van der Waals surface area contributed by atoms with Crippen molar-refractivity contribution in [3.05, 3.63) is 78.2 Å². The molecule has 0 aliphatic rings. The number of para-hydroxylation sites is 2. The number of carbonyl (C=O) groups is 1. The van der Waals surface area contributed by atoms with E-state index in [0.29, 0.717) is 12.2 Å². The van der Waals surface area contributed by atoms with Gasteiger partial charge in [0.05, 0.1) is 17.6 Å². The number of fused-ring (bicyclic) bond motifs is 4. The van der Waals surface area contributed by atoms with Crippen molar-refractivity contribution in [3.63, 3.8) is 0 Å². The van der Waals surface area contributed by atoms with E-state index in [1.807, 2.05) is 48.5 Å². The fourth-order valence-electron chi connectivity index (χ4n) is 3.36. The van der Waals surface area contributed by atoms with E-state index in [4.69, 9.17) is 0 Å². The summed E-state index contributed by atoms with van der Waals surface area (Å²) in [4.78, 5) is 23.5. The lowest BCUT2D eigenvalue weighted by molar-refractivity contribution is 0.0946. The number of hydrogen-bond acceptors (Lipinski definition) is 2. The minimum absolute atomic E-state index is 0.147. The van der Waals surface area contributed by atoms with Crippen LogP contribution >= 0.6 is 0 Å². The largest absolute Gasteiger partial charge is 0.351 e.